The van der Waals surface area contributed by atoms with Crippen LogP contribution < -0.4 is 16.0 Å². The van der Waals surface area contributed by atoms with Crippen LogP contribution in [-0.2, 0) is 11.3 Å². The van der Waals surface area contributed by atoms with Gasteiger partial charge in [0.15, 0.2) is 5.96 Å². The van der Waals surface area contributed by atoms with Gasteiger partial charge in [0.2, 0.25) is 5.91 Å². The highest BCUT2D eigenvalue weighted by Crippen LogP contribution is 2.14. The number of carbonyl (C=O) groups is 1. The van der Waals surface area contributed by atoms with Gasteiger partial charge in [0.25, 0.3) is 0 Å². The first-order chi connectivity index (χ1) is 14.0. The van der Waals surface area contributed by atoms with E-state index in [1.165, 1.54) is 13.0 Å². The Kier molecular flexibility index (Phi) is 13.0. The van der Waals surface area contributed by atoms with Gasteiger partial charge in [0.05, 0.1) is 6.54 Å². The van der Waals surface area contributed by atoms with Gasteiger partial charge >= 0.3 is 0 Å². The summed E-state index contributed by atoms with van der Waals surface area (Å²) in [6.07, 6.45) is 4.07. The van der Waals surface area contributed by atoms with Gasteiger partial charge in [-0.25, -0.2) is 4.99 Å². The van der Waals surface area contributed by atoms with Crippen LogP contribution in [0.5, 0.6) is 0 Å². The van der Waals surface area contributed by atoms with Crippen LogP contribution in [0.2, 0.25) is 0 Å². The number of halogens is 1. The minimum atomic E-state index is 0. The third-order valence-corrected chi connectivity index (χ3v) is 5.04. The molecule has 2 rings (SSSR count). The molecule has 0 saturated carbocycles. The molecule has 0 bridgehead atoms. The molecule has 1 saturated heterocycles. The first-order valence-electron chi connectivity index (χ1n) is 11.2. The number of guanidine groups is 1. The van der Waals surface area contributed by atoms with Crippen molar-refractivity contribution in [3.05, 3.63) is 29.8 Å². The van der Waals surface area contributed by atoms with Crippen LogP contribution in [-0.4, -0.2) is 49.0 Å². The summed E-state index contributed by atoms with van der Waals surface area (Å²) in [4.78, 5) is 19.3. The van der Waals surface area contributed by atoms with Crippen LogP contribution >= 0.6 is 24.0 Å². The summed E-state index contributed by atoms with van der Waals surface area (Å²) >= 11 is 0. The Morgan fingerprint density at radius 1 is 1.23 bits per heavy atom. The van der Waals surface area contributed by atoms with E-state index >= 15 is 0 Å². The molecule has 30 heavy (non-hydrogen) atoms. The monoisotopic (exact) mass is 529 g/mol. The van der Waals surface area contributed by atoms with Crippen LogP contribution in [0.1, 0.15) is 58.9 Å². The number of piperidine rings is 1. The molecule has 0 radical (unpaired) electrons. The molecule has 1 amide bonds. The summed E-state index contributed by atoms with van der Waals surface area (Å²) in [6.45, 7) is 13.4. The Bertz CT molecular complexity index is 657. The second-order valence-electron chi connectivity index (χ2n) is 8.30. The molecule has 7 heteroatoms. The Labute approximate surface area is 199 Å². The van der Waals surface area contributed by atoms with E-state index in [0.29, 0.717) is 24.9 Å². The van der Waals surface area contributed by atoms with Gasteiger partial charge in [0.1, 0.15) is 0 Å². The van der Waals surface area contributed by atoms with Crippen LogP contribution in [0.4, 0.5) is 5.69 Å². The van der Waals surface area contributed by atoms with Crippen molar-refractivity contribution >= 4 is 41.5 Å². The molecule has 1 aliphatic rings. The summed E-state index contributed by atoms with van der Waals surface area (Å²) in [5.41, 5.74) is 1.92. The van der Waals surface area contributed by atoms with E-state index in [1.54, 1.807) is 0 Å². The molecular weight excluding hydrogens is 489 g/mol. The number of anilines is 1. The van der Waals surface area contributed by atoms with Crippen LogP contribution in [0.25, 0.3) is 0 Å². The van der Waals surface area contributed by atoms with Crippen molar-refractivity contribution in [2.24, 2.45) is 10.9 Å². The van der Waals surface area contributed by atoms with E-state index in [4.69, 9.17) is 4.99 Å². The maximum Gasteiger partial charge on any atom is 0.224 e. The molecule has 1 aliphatic heterocycles. The number of carbonyl (C=O) groups excluding carboxylic acids is 1. The number of aliphatic imine (C=N–C) groups is 1. The highest BCUT2D eigenvalue weighted by molar-refractivity contribution is 14.0. The molecule has 0 unspecified atom stereocenters. The summed E-state index contributed by atoms with van der Waals surface area (Å²) < 4.78 is 0. The van der Waals surface area contributed by atoms with E-state index in [-0.39, 0.29) is 29.9 Å². The molecule has 6 nitrogen and oxygen atoms in total. The van der Waals surface area contributed by atoms with Crippen molar-refractivity contribution in [2.75, 3.05) is 31.5 Å². The van der Waals surface area contributed by atoms with Crippen LogP contribution in [0.15, 0.2) is 29.3 Å². The predicted molar refractivity (Wildman–Crippen MR) is 138 cm³/mol. The van der Waals surface area contributed by atoms with E-state index in [9.17, 15) is 4.79 Å². The first-order valence-corrected chi connectivity index (χ1v) is 11.2. The second kappa shape index (κ2) is 14.6. The quantitative estimate of drug-likeness (QED) is 0.255. The zero-order valence-electron chi connectivity index (χ0n) is 19.0. The second-order valence-corrected chi connectivity index (χ2v) is 8.30. The Morgan fingerprint density at radius 2 is 1.97 bits per heavy atom. The largest absolute Gasteiger partial charge is 0.357 e. The maximum absolute atomic E-state index is 12.0. The highest BCUT2D eigenvalue weighted by Gasteiger charge is 2.19. The van der Waals surface area contributed by atoms with Crippen molar-refractivity contribution in [3.8, 4) is 0 Å². The van der Waals surface area contributed by atoms with Crippen molar-refractivity contribution in [3.63, 3.8) is 0 Å². The lowest BCUT2D eigenvalue weighted by Crippen LogP contribution is -2.48. The SMILES string of the molecule is CCCN1CCC(NC(=NCc2cccc(NC(=O)CC(C)C)c2)NCC)CC1.I. The van der Waals surface area contributed by atoms with E-state index in [2.05, 4.69) is 40.8 Å². The predicted octanol–water partition coefficient (Wildman–Crippen LogP) is 4.22. The van der Waals surface area contributed by atoms with Gasteiger partial charge in [0, 0.05) is 37.8 Å². The third kappa shape index (κ3) is 10.1. The fraction of sp³-hybridized carbons (Fsp3) is 0.652. The van der Waals surface area contributed by atoms with Gasteiger partial charge in [-0.15, -0.1) is 24.0 Å². The van der Waals surface area contributed by atoms with Crippen molar-refractivity contribution < 1.29 is 4.79 Å². The summed E-state index contributed by atoms with van der Waals surface area (Å²) in [6, 6.07) is 8.43. The smallest absolute Gasteiger partial charge is 0.224 e. The van der Waals surface area contributed by atoms with Crippen LogP contribution in [0, 0.1) is 5.92 Å². The summed E-state index contributed by atoms with van der Waals surface area (Å²) in [5.74, 6) is 1.28. The number of benzene rings is 1. The van der Waals surface area contributed by atoms with Gasteiger partial charge < -0.3 is 20.9 Å². The normalized spacial score (nSPS) is 15.6. The van der Waals surface area contributed by atoms with E-state index in [0.717, 1.165) is 49.7 Å². The lowest BCUT2D eigenvalue weighted by atomic mass is 10.1. The molecule has 3 N–H and O–H groups in total. The fourth-order valence-corrected chi connectivity index (χ4v) is 3.63. The average Bonchev–Trinajstić information content (AvgIpc) is 2.67. The fourth-order valence-electron chi connectivity index (χ4n) is 3.63. The molecule has 1 aromatic rings. The first kappa shape index (κ1) is 26.7. The number of likely N-dealkylation sites (tertiary alicyclic amines) is 1. The molecule has 0 aliphatic carbocycles. The maximum atomic E-state index is 12.0. The zero-order valence-corrected chi connectivity index (χ0v) is 21.4. The number of rotatable bonds is 9. The van der Waals surface area contributed by atoms with Gasteiger partial charge in [-0.1, -0.05) is 32.9 Å². The number of nitrogens with one attached hydrogen (secondary N) is 3. The van der Waals surface area contributed by atoms with Gasteiger partial charge in [-0.2, -0.15) is 0 Å². The highest BCUT2D eigenvalue weighted by atomic mass is 127. The minimum Gasteiger partial charge on any atom is -0.357 e. The molecule has 0 spiro atoms. The van der Waals surface area contributed by atoms with E-state index in [1.807, 2.05) is 32.0 Å². The molecule has 1 heterocycles. The van der Waals surface area contributed by atoms with Gasteiger partial charge in [-0.3, -0.25) is 4.79 Å². The minimum absolute atomic E-state index is 0. The molecule has 1 fully saturated rings. The number of hydrogen-bond donors (Lipinski definition) is 3. The number of nitrogens with zero attached hydrogens (tertiary/aromatic N) is 2. The lowest BCUT2D eigenvalue weighted by molar-refractivity contribution is -0.116. The Hall–Kier alpha value is -1.35. The van der Waals surface area contributed by atoms with Crippen molar-refractivity contribution in [1.82, 2.24) is 15.5 Å². The molecular formula is C23H40IN5O. The third-order valence-electron chi connectivity index (χ3n) is 5.04. The standard InChI is InChI=1S/C23H39N5O.HI/c1-5-12-28-13-10-20(11-14-28)27-23(24-6-2)25-17-19-8-7-9-21(16-19)26-22(29)15-18(3)4;/h7-9,16,18,20H,5-6,10-15,17H2,1-4H3,(H,26,29)(H2,24,25,27);1H. The molecule has 170 valence electrons. The van der Waals surface area contributed by atoms with Gasteiger partial charge in [-0.05, 0) is 56.3 Å². The zero-order chi connectivity index (χ0) is 21.1. The Balaban J connectivity index is 0.00000450. The van der Waals surface area contributed by atoms with Crippen molar-refractivity contribution in [2.45, 2.75) is 66.0 Å². The topological polar surface area (TPSA) is 68.8 Å². The number of amides is 1. The summed E-state index contributed by atoms with van der Waals surface area (Å²) in [7, 11) is 0. The molecule has 0 atom stereocenters. The molecule has 1 aromatic carbocycles. The summed E-state index contributed by atoms with van der Waals surface area (Å²) in [5, 5.41) is 9.94. The van der Waals surface area contributed by atoms with Crippen LogP contribution in [0.3, 0.4) is 0 Å². The number of hydrogen-bond acceptors (Lipinski definition) is 3. The van der Waals surface area contributed by atoms with Crippen molar-refractivity contribution in [1.29, 1.82) is 0 Å². The average molecular weight is 530 g/mol. The van der Waals surface area contributed by atoms with E-state index < -0.39 is 0 Å². The lowest BCUT2D eigenvalue weighted by Gasteiger charge is -2.32. The molecule has 0 aromatic heterocycles. The Morgan fingerprint density at radius 3 is 2.60 bits per heavy atom.